The summed E-state index contributed by atoms with van der Waals surface area (Å²) in [5.74, 6) is 1.65. The zero-order valence-corrected chi connectivity index (χ0v) is 9.35. The maximum Gasteiger partial charge on any atom is 0.147 e. The fourth-order valence-corrected chi connectivity index (χ4v) is 1.89. The maximum atomic E-state index is 4.33. The zero-order chi connectivity index (χ0) is 10.7. The summed E-state index contributed by atoms with van der Waals surface area (Å²) in [6.45, 7) is 7.56. The van der Waals surface area contributed by atoms with Crippen LogP contribution in [-0.4, -0.2) is 35.6 Å². The average molecular weight is 206 g/mol. The summed E-state index contributed by atoms with van der Waals surface area (Å²) in [6.07, 6.45) is 5.30. The molecule has 1 saturated heterocycles. The predicted molar refractivity (Wildman–Crippen MR) is 60.9 cm³/mol. The van der Waals surface area contributed by atoms with Crippen molar-refractivity contribution in [2.75, 3.05) is 24.5 Å². The minimum atomic E-state index is 0.556. The molecule has 1 aliphatic heterocycles. The standard InChI is InChI=1S/C11H18N4/c1-9(2)10-8-15(6-5-13-10)11-7-12-3-4-14-11/h3-4,7,9-10,13H,5-6,8H2,1-2H3. The second kappa shape index (κ2) is 4.57. The summed E-state index contributed by atoms with van der Waals surface area (Å²) in [5, 5.41) is 3.53. The number of rotatable bonds is 2. The second-order valence-electron chi connectivity index (χ2n) is 4.31. The molecule has 0 spiro atoms. The summed E-state index contributed by atoms with van der Waals surface area (Å²) < 4.78 is 0. The number of anilines is 1. The summed E-state index contributed by atoms with van der Waals surface area (Å²) >= 11 is 0. The number of nitrogens with zero attached hydrogens (tertiary/aromatic N) is 3. The van der Waals surface area contributed by atoms with Crippen LogP contribution < -0.4 is 10.2 Å². The van der Waals surface area contributed by atoms with Gasteiger partial charge in [0, 0.05) is 38.1 Å². The highest BCUT2D eigenvalue weighted by Gasteiger charge is 2.22. The van der Waals surface area contributed by atoms with Crippen molar-refractivity contribution in [3.8, 4) is 0 Å². The quantitative estimate of drug-likeness (QED) is 0.781. The van der Waals surface area contributed by atoms with E-state index in [2.05, 4.69) is 34.0 Å². The molecule has 0 saturated carbocycles. The Morgan fingerprint density at radius 3 is 3.00 bits per heavy atom. The lowest BCUT2D eigenvalue weighted by Crippen LogP contribution is -2.53. The van der Waals surface area contributed by atoms with Crippen LogP contribution in [0.3, 0.4) is 0 Å². The van der Waals surface area contributed by atoms with Crippen LogP contribution in [0.2, 0.25) is 0 Å². The minimum Gasteiger partial charge on any atom is -0.352 e. The Labute approximate surface area is 90.7 Å². The van der Waals surface area contributed by atoms with E-state index < -0.39 is 0 Å². The van der Waals surface area contributed by atoms with Crippen LogP contribution in [0.1, 0.15) is 13.8 Å². The molecule has 2 heterocycles. The number of hydrogen-bond acceptors (Lipinski definition) is 4. The third-order valence-electron chi connectivity index (χ3n) is 2.88. The topological polar surface area (TPSA) is 41.1 Å². The van der Waals surface area contributed by atoms with Gasteiger partial charge in [0.1, 0.15) is 5.82 Å². The molecule has 1 aromatic rings. The molecule has 0 aromatic carbocycles. The monoisotopic (exact) mass is 206 g/mol. The first-order valence-corrected chi connectivity index (χ1v) is 5.51. The van der Waals surface area contributed by atoms with Crippen LogP contribution in [0, 0.1) is 5.92 Å². The molecule has 0 bridgehead atoms. The van der Waals surface area contributed by atoms with Gasteiger partial charge in [0.05, 0.1) is 6.20 Å². The Kier molecular flexibility index (Phi) is 3.16. The molecule has 1 aromatic heterocycles. The van der Waals surface area contributed by atoms with E-state index >= 15 is 0 Å². The van der Waals surface area contributed by atoms with Crippen molar-refractivity contribution < 1.29 is 0 Å². The highest BCUT2D eigenvalue weighted by atomic mass is 15.2. The van der Waals surface area contributed by atoms with Crippen molar-refractivity contribution in [1.29, 1.82) is 0 Å². The molecule has 2 rings (SSSR count). The van der Waals surface area contributed by atoms with Crippen LogP contribution in [0.4, 0.5) is 5.82 Å². The summed E-state index contributed by atoms with van der Waals surface area (Å²) in [5.41, 5.74) is 0. The molecular formula is C11H18N4. The lowest BCUT2D eigenvalue weighted by molar-refractivity contribution is 0.367. The van der Waals surface area contributed by atoms with Gasteiger partial charge in [0.25, 0.3) is 0 Å². The number of nitrogens with one attached hydrogen (secondary N) is 1. The van der Waals surface area contributed by atoms with E-state index in [1.807, 2.05) is 6.20 Å². The molecule has 82 valence electrons. The highest BCUT2D eigenvalue weighted by molar-refractivity contribution is 5.36. The Balaban J connectivity index is 2.05. The molecule has 4 nitrogen and oxygen atoms in total. The van der Waals surface area contributed by atoms with Crippen molar-refractivity contribution in [1.82, 2.24) is 15.3 Å². The van der Waals surface area contributed by atoms with Crippen molar-refractivity contribution in [2.45, 2.75) is 19.9 Å². The molecule has 1 N–H and O–H groups in total. The largest absolute Gasteiger partial charge is 0.352 e. The van der Waals surface area contributed by atoms with Gasteiger partial charge in [-0.3, -0.25) is 4.98 Å². The molecule has 0 aliphatic carbocycles. The van der Waals surface area contributed by atoms with Crippen LogP contribution in [0.5, 0.6) is 0 Å². The van der Waals surface area contributed by atoms with Crippen molar-refractivity contribution in [3.05, 3.63) is 18.6 Å². The van der Waals surface area contributed by atoms with Gasteiger partial charge in [0.2, 0.25) is 0 Å². The number of aromatic nitrogens is 2. The van der Waals surface area contributed by atoms with Gasteiger partial charge in [-0.05, 0) is 5.92 Å². The number of piperazine rings is 1. The molecule has 4 heteroatoms. The summed E-state index contributed by atoms with van der Waals surface area (Å²) in [7, 11) is 0. The van der Waals surface area contributed by atoms with Crippen molar-refractivity contribution in [2.24, 2.45) is 5.92 Å². The molecule has 1 aliphatic rings. The highest BCUT2D eigenvalue weighted by Crippen LogP contribution is 2.14. The first-order chi connectivity index (χ1) is 7.27. The lowest BCUT2D eigenvalue weighted by Gasteiger charge is -2.36. The Morgan fingerprint density at radius 1 is 1.47 bits per heavy atom. The Morgan fingerprint density at radius 2 is 2.33 bits per heavy atom. The summed E-state index contributed by atoms with van der Waals surface area (Å²) in [4.78, 5) is 10.7. The van der Waals surface area contributed by atoms with Gasteiger partial charge in [-0.2, -0.15) is 0 Å². The van der Waals surface area contributed by atoms with Gasteiger partial charge in [0.15, 0.2) is 0 Å². The molecule has 1 atom stereocenters. The van der Waals surface area contributed by atoms with Crippen LogP contribution >= 0.6 is 0 Å². The maximum absolute atomic E-state index is 4.33. The third kappa shape index (κ3) is 2.45. The minimum absolute atomic E-state index is 0.556. The Bertz CT molecular complexity index is 299. The zero-order valence-electron chi connectivity index (χ0n) is 9.35. The SMILES string of the molecule is CC(C)C1CN(c2cnccn2)CCN1. The molecule has 0 radical (unpaired) electrons. The molecular weight excluding hydrogens is 188 g/mol. The van der Waals surface area contributed by atoms with E-state index in [0.29, 0.717) is 12.0 Å². The van der Waals surface area contributed by atoms with Gasteiger partial charge in [-0.15, -0.1) is 0 Å². The van der Waals surface area contributed by atoms with Gasteiger partial charge in [-0.25, -0.2) is 4.98 Å². The van der Waals surface area contributed by atoms with E-state index in [9.17, 15) is 0 Å². The third-order valence-corrected chi connectivity index (χ3v) is 2.88. The fourth-order valence-electron chi connectivity index (χ4n) is 1.89. The first kappa shape index (κ1) is 10.4. The normalized spacial score (nSPS) is 22.1. The smallest absolute Gasteiger partial charge is 0.147 e. The van der Waals surface area contributed by atoms with E-state index in [4.69, 9.17) is 0 Å². The van der Waals surface area contributed by atoms with Gasteiger partial charge >= 0.3 is 0 Å². The lowest BCUT2D eigenvalue weighted by atomic mass is 10.0. The van der Waals surface area contributed by atoms with Gasteiger partial charge in [-0.1, -0.05) is 13.8 Å². The molecule has 1 fully saturated rings. The number of hydrogen-bond donors (Lipinski definition) is 1. The van der Waals surface area contributed by atoms with E-state index in [1.54, 1.807) is 12.4 Å². The summed E-state index contributed by atoms with van der Waals surface area (Å²) in [6, 6.07) is 0.556. The van der Waals surface area contributed by atoms with Crippen LogP contribution in [-0.2, 0) is 0 Å². The average Bonchev–Trinajstić information content (AvgIpc) is 2.30. The first-order valence-electron chi connectivity index (χ1n) is 5.51. The molecule has 1 unspecified atom stereocenters. The van der Waals surface area contributed by atoms with E-state index in [1.165, 1.54) is 0 Å². The molecule has 15 heavy (non-hydrogen) atoms. The van der Waals surface area contributed by atoms with Gasteiger partial charge < -0.3 is 10.2 Å². The predicted octanol–water partition coefficient (Wildman–Crippen LogP) is 0.911. The molecule has 0 amide bonds. The second-order valence-corrected chi connectivity index (χ2v) is 4.31. The Hall–Kier alpha value is -1.16. The van der Waals surface area contributed by atoms with E-state index in [-0.39, 0.29) is 0 Å². The van der Waals surface area contributed by atoms with Crippen LogP contribution in [0.15, 0.2) is 18.6 Å². The van der Waals surface area contributed by atoms with Crippen molar-refractivity contribution in [3.63, 3.8) is 0 Å². The van der Waals surface area contributed by atoms with Crippen molar-refractivity contribution >= 4 is 5.82 Å². The fraction of sp³-hybridized carbons (Fsp3) is 0.636. The van der Waals surface area contributed by atoms with Crippen LogP contribution in [0.25, 0.3) is 0 Å². The van der Waals surface area contributed by atoms with E-state index in [0.717, 1.165) is 25.5 Å².